The second-order valence-electron chi connectivity index (χ2n) is 5.02. The maximum Gasteiger partial charge on any atom is 0.185 e. The molecule has 20 heavy (non-hydrogen) atoms. The van der Waals surface area contributed by atoms with Gasteiger partial charge < -0.3 is 14.2 Å². The van der Waals surface area contributed by atoms with Gasteiger partial charge in [0.05, 0.1) is 0 Å². The van der Waals surface area contributed by atoms with Crippen molar-refractivity contribution in [1.82, 2.24) is 9.88 Å². The molecule has 0 aliphatic carbocycles. The number of anilines is 1. The summed E-state index contributed by atoms with van der Waals surface area (Å²) in [4.78, 5) is 19.7. The molecular formula is C15H17N3O2. The van der Waals surface area contributed by atoms with Gasteiger partial charge in [-0.1, -0.05) is 0 Å². The Morgan fingerprint density at radius 3 is 2.55 bits per heavy atom. The molecule has 0 saturated carbocycles. The van der Waals surface area contributed by atoms with Gasteiger partial charge >= 0.3 is 0 Å². The molecule has 5 heteroatoms. The Hall–Kier alpha value is -2.14. The van der Waals surface area contributed by atoms with Gasteiger partial charge in [-0.2, -0.15) is 0 Å². The fraction of sp³-hybridized carbons (Fsp3) is 0.333. The summed E-state index contributed by atoms with van der Waals surface area (Å²) in [7, 11) is 2.13. The molecule has 1 fully saturated rings. The van der Waals surface area contributed by atoms with Crippen molar-refractivity contribution < 1.29 is 9.21 Å². The van der Waals surface area contributed by atoms with Crippen LogP contribution in [0.1, 0.15) is 10.6 Å². The van der Waals surface area contributed by atoms with Gasteiger partial charge in [0.15, 0.2) is 12.0 Å². The summed E-state index contributed by atoms with van der Waals surface area (Å²) in [5.41, 5.74) is 0.885. The second kappa shape index (κ2) is 5.46. The Bertz CT molecular complexity index is 583. The minimum atomic E-state index is 0.336. The molecule has 0 unspecified atom stereocenters. The summed E-state index contributed by atoms with van der Waals surface area (Å²) in [5.74, 6) is 2.00. The van der Waals surface area contributed by atoms with Crippen molar-refractivity contribution in [3.8, 4) is 11.3 Å². The van der Waals surface area contributed by atoms with Crippen LogP contribution in [-0.4, -0.2) is 49.4 Å². The third kappa shape index (κ3) is 2.58. The predicted octanol–water partition coefficient (Wildman–Crippen LogP) is 1.91. The zero-order chi connectivity index (χ0) is 13.9. The molecule has 3 heterocycles. The zero-order valence-corrected chi connectivity index (χ0v) is 11.5. The molecule has 2 aromatic rings. The summed E-state index contributed by atoms with van der Waals surface area (Å²) in [6, 6.07) is 7.44. The van der Waals surface area contributed by atoms with E-state index in [0.717, 1.165) is 37.6 Å². The van der Waals surface area contributed by atoms with Crippen molar-refractivity contribution in [2.24, 2.45) is 0 Å². The van der Waals surface area contributed by atoms with E-state index >= 15 is 0 Å². The van der Waals surface area contributed by atoms with E-state index in [4.69, 9.17) is 4.42 Å². The van der Waals surface area contributed by atoms with Crippen LogP contribution in [0, 0.1) is 0 Å². The van der Waals surface area contributed by atoms with E-state index in [-0.39, 0.29) is 0 Å². The Morgan fingerprint density at radius 1 is 1.15 bits per heavy atom. The van der Waals surface area contributed by atoms with Crippen molar-refractivity contribution in [2.45, 2.75) is 0 Å². The van der Waals surface area contributed by atoms with E-state index in [1.54, 1.807) is 18.3 Å². The summed E-state index contributed by atoms with van der Waals surface area (Å²) in [6.07, 6.45) is 2.50. The van der Waals surface area contributed by atoms with E-state index in [1.165, 1.54) is 0 Å². The van der Waals surface area contributed by atoms with Gasteiger partial charge in [-0.3, -0.25) is 4.79 Å². The topological polar surface area (TPSA) is 49.6 Å². The summed E-state index contributed by atoms with van der Waals surface area (Å²) in [5, 5.41) is 0. The first-order valence-electron chi connectivity index (χ1n) is 6.71. The lowest BCUT2D eigenvalue weighted by molar-refractivity contribution is 0.110. The first-order chi connectivity index (χ1) is 9.76. The molecule has 0 spiro atoms. The molecule has 2 aromatic heterocycles. The highest BCUT2D eigenvalue weighted by molar-refractivity contribution is 5.72. The van der Waals surface area contributed by atoms with E-state index in [1.807, 2.05) is 12.1 Å². The maximum absolute atomic E-state index is 10.6. The number of aldehydes is 1. The molecular weight excluding hydrogens is 254 g/mol. The Morgan fingerprint density at radius 2 is 1.95 bits per heavy atom. The zero-order valence-electron chi connectivity index (χ0n) is 11.5. The number of hydrogen-bond acceptors (Lipinski definition) is 5. The number of piperazine rings is 1. The molecule has 0 bridgehead atoms. The largest absolute Gasteiger partial charge is 0.453 e. The first-order valence-corrected chi connectivity index (χ1v) is 6.71. The number of carbonyl (C=O) groups is 1. The highest BCUT2D eigenvalue weighted by Crippen LogP contribution is 2.23. The molecule has 1 saturated heterocycles. The molecule has 0 aromatic carbocycles. The third-order valence-corrected chi connectivity index (χ3v) is 3.60. The molecule has 5 nitrogen and oxygen atoms in total. The number of aromatic nitrogens is 1. The first kappa shape index (κ1) is 12.9. The molecule has 104 valence electrons. The van der Waals surface area contributed by atoms with Crippen LogP contribution in [0.2, 0.25) is 0 Å². The Balaban J connectivity index is 1.75. The van der Waals surface area contributed by atoms with Crippen molar-refractivity contribution in [3.05, 3.63) is 36.2 Å². The molecule has 0 N–H and O–H groups in total. The quantitative estimate of drug-likeness (QED) is 0.798. The predicted molar refractivity (Wildman–Crippen MR) is 77.0 cm³/mol. The van der Waals surface area contributed by atoms with Crippen LogP contribution in [-0.2, 0) is 0 Å². The molecule has 0 radical (unpaired) electrons. The SMILES string of the molecule is CN1CCN(c2ccc(-c3ccc(C=O)o3)cn2)CC1. The lowest BCUT2D eigenvalue weighted by atomic mass is 10.2. The average molecular weight is 271 g/mol. The lowest BCUT2D eigenvalue weighted by Crippen LogP contribution is -2.44. The standard InChI is InChI=1S/C15H17N3O2/c1-17-6-8-18(9-7-17)15-5-2-12(10-16-15)14-4-3-13(11-19)20-14/h2-5,10-11H,6-9H2,1H3. The van der Waals surface area contributed by atoms with E-state index in [2.05, 4.69) is 21.8 Å². The number of pyridine rings is 1. The van der Waals surface area contributed by atoms with Crippen molar-refractivity contribution >= 4 is 12.1 Å². The van der Waals surface area contributed by atoms with Gasteiger partial charge in [0.25, 0.3) is 0 Å². The van der Waals surface area contributed by atoms with Gasteiger partial charge in [-0.25, -0.2) is 4.98 Å². The van der Waals surface area contributed by atoms with E-state index in [0.29, 0.717) is 17.8 Å². The number of carbonyl (C=O) groups excluding carboxylic acids is 1. The minimum Gasteiger partial charge on any atom is -0.453 e. The summed E-state index contributed by atoms with van der Waals surface area (Å²) in [6.45, 7) is 4.12. The summed E-state index contributed by atoms with van der Waals surface area (Å²) >= 11 is 0. The van der Waals surface area contributed by atoms with Crippen LogP contribution in [0.3, 0.4) is 0 Å². The average Bonchev–Trinajstić information content (AvgIpc) is 2.97. The van der Waals surface area contributed by atoms with Gasteiger partial charge in [0.1, 0.15) is 11.6 Å². The van der Waals surface area contributed by atoms with Crippen molar-refractivity contribution in [3.63, 3.8) is 0 Å². The van der Waals surface area contributed by atoms with Gasteiger partial charge in [-0.05, 0) is 31.3 Å². The van der Waals surface area contributed by atoms with E-state index < -0.39 is 0 Å². The highest BCUT2D eigenvalue weighted by Gasteiger charge is 2.15. The third-order valence-electron chi connectivity index (χ3n) is 3.60. The Kier molecular flexibility index (Phi) is 3.52. The summed E-state index contributed by atoms with van der Waals surface area (Å²) < 4.78 is 5.39. The van der Waals surface area contributed by atoms with Crippen LogP contribution in [0.4, 0.5) is 5.82 Å². The van der Waals surface area contributed by atoms with Crippen molar-refractivity contribution in [2.75, 3.05) is 38.1 Å². The smallest absolute Gasteiger partial charge is 0.185 e. The molecule has 0 atom stereocenters. The normalized spacial score (nSPS) is 16.4. The number of hydrogen-bond donors (Lipinski definition) is 0. The maximum atomic E-state index is 10.6. The van der Waals surface area contributed by atoms with Crippen molar-refractivity contribution in [1.29, 1.82) is 0 Å². The van der Waals surface area contributed by atoms with E-state index in [9.17, 15) is 4.79 Å². The molecule has 3 rings (SSSR count). The second-order valence-corrected chi connectivity index (χ2v) is 5.02. The van der Waals surface area contributed by atoms with Gasteiger partial charge in [0, 0.05) is 37.9 Å². The van der Waals surface area contributed by atoms with Crippen LogP contribution >= 0.6 is 0 Å². The number of furan rings is 1. The minimum absolute atomic E-state index is 0.336. The van der Waals surface area contributed by atoms with Crippen LogP contribution in [0.15, 0.2) is 34.9 Å². The van der Waals surface area contributed by atoms with Crippen LogP contribution in [0.25, 0.3) is 11.3 Å². The number of nitrogens with zero attached hydrogens (tertiary/aromatic N) is 3. The molecule has 1 aliphatic rings. The highest BCUT2D eigenvalue weighted by atomic mass is 16.3. The fourth-order valence-electron chi connectivity index (χ4n) is 2.33. The Labute approximate surface area is 117 Å². The monoisotopic (exact) mass is 271 g/mol. The lowest BCUT2D eigenvalue weighted by Gasteiger charge is -2.33. The van der Waals surface area contributed by atoms with Crippen LogP contribution in [0.5, 0.6) is 0 Å². The number of likely N-dealkylation sites (N-methyl/N-ethyl adjacent to an activating group) is 1. The fourth-order valence-corrected chi connectivity index (χ4v) is 2.33. The van der Waals surface area contributed by atoms with Gasteiger partial charge in [0.2, 0.25) is 0 Å². The van der Waals surface area contributed by atoms with Gasteiger partial charge in [-0.15, -0.1) is 0 Å². The molecule has 0 amide bonds. The number of rotatable bonds is 3. The molecule has 1 aliphatic heterocycles. The van der Waals surface area contributed by atoms with Crippen LogP contribution < -0.4 is 4.90 Å².